The lowest BCUT2D eigenvalue weighted by Crippen LogP contribution is -2.45. The van der Waals surface area contributed by atoms with Crippen molar-refractivity contribution in [1.82, 2.24) is 21.0 Å². The minimum absolute atomic E-state index is 0.214. The summed E-state index contributed by atoms with van der Waals surface area (Å²) in [5.74, 6) is 0.219. The van der Waals surface area contributed by atoms with Crippen molar-refractivity contribution in [3.05, 3.63) is 5.89 Å². The molecule has 1 atom stereocenters. The summed E-state index contributed by atoms with van der Waals surface area (Å²) in [5, 5.41) is 7.76. The first-order chi connectivity index (χ1) is 10.1. The Hall–Kier alpha value is -1.57. The van der Waals surface area contributed by atoms with Gasteiger partial charge < -0.3 is 4.42 Å². The topological polar surface area (TPSA) is 97.1 Å². The molecule has 0 fully saturated rings. The van der Waals surface area contributed by atoms with E-state index in [9.17, 15) is 9.59 Å². The molecule has 124 valence electrons. The van der Waals surface area contributed by atoms with Crippen molar-refractivity contribution in [2.45, 2.75) is 63.9 Å². The number of nitrogens with one attached hydrogen (secondary N) is 2. The molecule has 0 bridgehead atoms. The normalized spacial score (nSPS) is 13.0. The summed E-state index contributed by atoms with van der Waals surface area (Å²) >= 11 is 1.15. The summed E-state index contributed by atoms with van der Waals surface area (Å²) in [6, 6.07) is 0. The molecular formula is C14H24N4O3S. The number of hydrazine groups is 1. The van der Waals surface area contributed by atoms with Gasteiger partial charge in [0.15, 0.2) is 0 Å². The molecular weight excluding hydrogens is 304 g/mol. The van der Waals surface area contributed by atoms with Crippen molar-refractivity contribution in [3.63, 3.8) is 0 Å². The zero-order chi connectivity index (χ0) is 16.9. The van der Waals surface area contributed by atoms with Crippen molar-refractivity contribution in [2.75, 3.05) is 0 Å². The average molecular weight is 328 g/mol. The Bertz CT molecular complexity index is 522. The van der Waals surface area contributed by atoms with Crippen LogP contribution in [0.25, 0.3) is 0 Å². The number of rotatable bonds is 5. The smallest absolute Gasteiger partial charge is 0.277 e. The predicted molar refractivity (Wildman–Crippen MR) is 84.1 cm³/mol. The van der Waals surface area contributed by atoms with Crippen molar-refractivity contribution in [1.29, 1.82) is 0 Å². The van der Waals surface area contributed by atoms with Crippen LogP contribution in [0.2, 0.25) is 0 Å². The van der Waals surface area contributed by atoms with Gasteiger partial charge in [-0.05, 0) is 12.8 Å². The van der Waals surface area contributed by atoms with Crippen LogP contribution in [0.5, 0.6) is 0 Å². The summed E-state index contributed by atoms with van der Waals surface area (Å²) in [6.07, 6.45) is 0.362. The van der Waals surface area contributed by atoms with Gasteiger partial charge in [-0.15, -0.1) is 10.2 Å². The van der Waals surface area contributed by atoms with E-state index in [2.05, 4.69) is 21.0 Å². The SMILES string of the molecule is CC(C)CC(=O)NNC(=O)C(C)Sc1nnc(C(C)(C)C)o1. The minimum atomic E-state index is -0.465. The zero-order valence-electron chi connectivity index (χ0n) is 13.9. The molecule has 0 aliphatic carbocycles. The van der Waals surface area contributed by atoms with E-state index in [0.29, 0.717) is 17.5 Å². The molecule has 2 N–H and O–H groups in total. The molecule has 7 nitrogen and oxygen atoms in total. The monoisotopic (exact) mass is 328 g/mol. The number of carbonyl (C=O) groups is 2. The lowest BCUT2D eigenvalue weighted by Gasteiger charge is -2.12. The first-order valence-corrected chi connectivity index (χ1v) is 8.07. The van der Waals surface area contributed by atoms with E-state index < -0.39 is 5.25 Å². The van der Waals surface area contributed by atoms with Gasteiger partial charge >= 0.3 is 0 Å². The van der Waals surface area contributed by atoms with Crippen molar-refractivity contribution in [2.24, 2.45) is 5.92 Å². The average Bonchev–Trinajstić information content (AvgIpc) is 2.83. The van der Waals surface area contributed by atoms with Crippen molar-refractivity contribution in [3.8, 4) is 0 Å². The molecule has 0 aliphatic heterocycles. The molecule has 1 rings (SSSR count). The van der Waals surface area contributed by atoms with E-state index in [0.717, 1.165) is 11.8 Å². The molecule has 22 heavy (non-hydrogen) atoms. The molecule has 1 aromatic heterocycles. The molecule has 1 aromatic rings. The van der Waals surface area contributed by atoms with Gasteiger partial charge in [-0.1, -0.05) is 46.4 Å². The summed E-state index contributed by atoms with van der Waals surface area (Å²) in [7, 11) is 0. The van der Waals surface area contributed by atoms with Crippen LogP contribution in [-0.4, -0.2) is 27.3 Å². The van der Waals surface area contributed by atoms with Gasteiger partial charge in [0.05, 0.1) is 5.25 Å². The first kappa shape index (κ1) is 18.5. The van der Waals surface area contributed by atoms with E-state index in [1.54, 1.807) is 6.92 Å². The number of aromatic nitrogens is 2. The lowest BCUT2D eigenvalue weighted by molar-refractivity contribution is -0.128. The Morgan fingerprint density at radius 1 is 1.18 bits per heavy atom. The van der Waals surface area contributed by atoms with E-state index in [1.807, 2.05) is 34.6 Å². The Balaban J connectivity index is 2.47. The van der Waals surface area contributed by atoms with Gasteiger partial charge in [0.2, 0.25) is 11.8 Å². The molecule has 1 heterocycles. The fourth-order valence-corrected chi connectivity index (χ4v) is 2.10. The Kier molecular flexibility index (Phi) is 6.40. The van der Waals surface area contributed by atoms with Crippen LogP contribution in [0.3, 0.4) is 0 Å². The fourth-order valence-electron chi connectivity index (χ4n) is 1.42. The van der Waals surface area contributed by atoms with E-state index in [4.69, 9.17) is 4.42 Å². The number of hydrogen-bond donors (Lipinski definition) is 2. The highest BCUT2D eigenvalue weighted by Gasteiger charge is 2.24. The minimum Gasteiger partial charge on any atom is -0.415 e. The van der Waals surface area contributed by atoms with Crippen LogP contribution in [0.4, 0.5) is 0 Å². The summed E-state index contributed by atoms with van der Waals surface area (Å²) < 4.78 is 5.52. The molecule has 0 aliphatic rings. The highest BCUT2D eigenvalue weighted by atomic mass is 32.2. The third kappa shape index (κ3) is 6.05. The fraction of sp³-hybridized carbons (Fsp3) is 0.714. The molecule has 0 spiro atoms. The van der Waals surface area contributed by atoms with Crippen LogP contribution in [0.15, 0.2) is 9.64 Å². The molecule has 0 radical (unpaired) electrons. The van der Waals surface area contributed by atoms with Crippen LogP contribution < -0.4 is 10.9 Å². The summed E-state index contributed by atoms with van der Waals surface area (Å²) in [6.45, 7) is 11.5. The van der Waals surface area contributed by atoms with Crippen molar-refractivity contribution >= 4 is 23.6 Å². The molecule has 1 unspecified atom stereocenters. The number of carbonyl (C=O) groups excluding carboxylic acids is 2. The number of amides is 2. The van der Waals surface area contributed by atoms with Crippen LogP contribution in [0, 0.1) is 5.92 Å². The lowest BCUT2D eigenvalue weighted by atomic mass is 9.97. The Labute approximate surface area is 135 Å². The highest BCUT2D eigenvalue weighted by Crippen LogP contribution is 2.26. The second kappa shape index (κ2) is 7.62. The van der Waals surface area contributed by atoms with Gasteiger partial charge in [-0.25, -0.2) is 0 Å². The predicted octanol–water partition coefficient (Wildman–Crippen LogP) is 2.04. The molecule has 2 amide bonds. The molecule has 0 saturated carbocycles. The van der Waals surface area contributed by atoms with Gasteiger partial charge in [-0.3, -0.25) is 20.4 Å². The largest absolute Gasteiger partial charge is 0.415 e. The maximum atomic E-state index is 11.9. The van der Waals surface area contributed by atoms with Gasteiger partial charge in [0, 0.05) is 11.8 Å². The molecule has 0 aromatic carbocycles. The zero-order valence-corrected chi connectivity index (χ0v) is 14.7. The van der Waals surface area contributed by atoms with E-state index in [-0.39, 0.29) is 23.1 Å². The molecule has 0 saturated heterocycles. The summed E-state index contributed by atoms with van der Waals surface area (Å²) in [5.41, 5.74) is 4.55. The number of nitrogens with zero attached hydrogens (tertiary/aromatic N) is 2. The third-order valence-corrected chi connectivity index (χ3v) is 3.55. The quantitative estimate of drug-likeness (QED) is 0.634. The standard InChI is InChI=1S/C14H24N4O3S/c1-8(2)7-10(19)15-16-11(20)9(3)22-13-18-17-12(21-13)14(4,5)6/h8-9H,7H2,1-6H3,(H,15,19)(H,16,20). The number of thioether (sulfide) groups is 1. The second-order valence-corrected chi connectivity index (χ2v) is 7.81. The second-order valence-electron chi connectivity index (χ2n) is 6.52. The van der Waals surface area contributed by atoms with Crippen LogP contribution in [0.1, 0.15) is 53.9 Å². The van der Waals surface area contributed by atoms with Crippen LogP contribution in [-0.2, 0) is 15.0 Å². The number of hydrogen-bond acceptors (Lipinski definition) is 6. The maximum Gasteiger partial charge on any atom is 0.277 e. The van der Waals surface area contributed by atoms with Crippen molar-refractivity contribution < 1.29 is 14.0 Å². The van der Waals surface area contributed by atoms with Gasteiger partial charge in [0.1, 0.15) is 0 Å². The highest BCUT2D eigenvalue weighted by molar-refractivity contribution is 8.00. The van der Waals surface area contributed by atoms with Crippen LogP contribution >= 0.6 is 11.8 Å². The van der Waals surface area contributed by atoms with Gasteiger partial charge in [0.25, 0.3) is 11.1 Å². The summed E-state index contributed by atoms with van der Waals surface area (Å²) in [4.78, 5) is 23.4. The van der Waals surface area contributed by atoms with Gasteiger partial charge in [-0.2, -0.15) is 0 Å². The Morgan fingerprint density at radius 3 is 2.32 bits per heavy atom. The molecule has 8 heteroatoms. The maximum absolute atomic E-state index is 11.9. The Morgan fingerprint density at radius 2 is 1.82 bits per heavy atom. The van der Waals surface area contributed by atoms with E-state index in [1.165, 1.54) is 0 Å². The first-order valence-electron chi connectivity index (χ1n) is 7.19. The van der Waals surface area contributed by atoms with E-state index >= 15 is 0 Å². The third-order valence-electron chi connectivity index (χ3n) is 2.61.